The van der Waals surface area contributed by atoms with Gasteiger partial charge in [-0.05, 0) is 44.7 Å². The standard InChI is InChI=1S/C17H25N7O.ClH/c1-11(25)23-13-6-14(7-13)24-10-22-15-16(20-9-21-17(15)24)19-8-12-2-4-18-5-3-12;/h9-10,12-14,18H,2-8H2,1H3,(H,23,25)(H,19,20,21);1H. The summed E-state index contributed by atoms with van der Waals surface area (Å²) in [7, 11) is 0. The fourth-order valence-electron chi connectivity index (χ4n) is 3.80. The third kappa shape index (κ3) is 3.91. The van der Waals surface area contributed by atoms with Gasteiger partial charge in [-0.2, -0.15) is 0 Å². The van der Waals surface area contributed by atoms with E-state index in [1.54, 1.807) is 13.3 Å². The fourth-order valence-corrected chi connectivity index (χ4v) is 3.80. The zero-order valence-electron chi connectivity index (χ0n) is 14.9. The molecule has 26 heavy (non-hydrogen) atoms. The Labute approximate surface area is 159 Å². The Morgan fingerprint density at radius 3 is 2.77 bits per heavy atom. The van der Waals surface area contributed by atoms with Gasteiger partial charge in [0.2, 0.25) is 5.91 Å². The Hall–Kier alpha value is -1.93. The number of hydrogen-bond donors (Lipinski definition) is 3. The second-order valence-corrected chi connectivity index (χ2v) is 7.14. The van der Waals surface area contributed by atoms with Gasteiger partial charge in [-0.25, -0.2) is 15.0 Å². The lowest BCUT2D eigenvalue weighted by molar-refractivity contribution is -0.120. The molecule has 4 rings (SSSR count). The average Bonchev–Trinajstić information content (AvgIpc) is 3.01. The van der Waals surface area contributed by atoms with E-state index in [2.05, 4.69) is 35.5 Å². The summed E-state index contributed by atoms with van der Waals surface area (Å²) >= 11 is 0. The highest BCUT2D eigenvalue weighted by Crippen LogP contribution is 2.34. The summed E-state index contributed by atoms with van der Waals surface area (Å²) in [5.74, 6) is 1.53. The van der Waals surface area contributed by atoms with Gasteiger partial charge in [0.1, 0.15) is 11.8 Å². The molecule has 1 amide bonds. The average molecular weight is 380 g/mol. The van der Waals surface area contributed by atoms with Gasteiger partial charge in [-0.1, -0.05) is 0 Å². The lowest BCUT2D eigenvalue weighted by Gasteiger charge is -2.36. The van der Waals surface area contributed by atoms with E-state index in [1.165, 1.54) is 12.8 Å². The monoisotopic (exact) mass is 379 g/mol. The molecule has 0 unspecified atom stereocenters. The molecular weight excluding hydrogens is 354 g/mol. The Balaban J connectivity index is 0.00000196. The van der Waals surface area contributed by atoms with E-state index in [1.807, 2.05) is 6.33 Å². The molecule has 2 aliphatic rings. The zero-order chi connectivity index (χ0) is 17.2. The molecule has 0 bridgehead atoms. The lowest BCUT2D eigenvalue weighted by Crippen LogP contribution is -2.44. The highest BCUT2D eigenvalue weighted by Gasteiger charge is 2.32. The number of nitrogens with one attached hydrogen (secondary N) is 3. The van der Waals surface area contributed by atoms with Crippen LogP contribution < -0.4 is 16.0 Å². The number of carbonyl (C=O) groups is 1. The molecule has 0 aromatic carbocycles. The van der Waals surface area contributed by atoms with E-state index in [9.17, 15) is 4.79 Å². The Morgan fingerprint density at radius 2 is 2.04 bits per heavy atom. The summed E-state index contributed by atoms with van der Waals surface area (Å²) in [6.07, 6.45) is 7.70. The second kappa shape index (κ2) is 8.18. The van der Waals surface area contributed by atoms with Crippen LogP contribution in [-0.2, 0) is 4.79 Å². The number of piperidine rings is 1. The first kappa shape index (κ1) is 18.8. The van der Waals surface area contributed by atoms with Crippen LogP contribution in [0.25, 0.3) is 11.2 Å². The number of nitrogens with zero attached hydrogens (tertiary/aromatic N) is 4. The van der Waals surface area contributed by atoms with Crippen molar-refractivity contribution in [3.05, 3.63) is 12.7 Å². The van der Waals surface area contributed by atoms with Crippen molar-refractivity contribution in [2.75, 3.05) is 25.0 Å². The van der Waals surface area contributed by atoms with Gasteiger partial charge >= 0.3 is 0 Å². The number of anilines is 1. The zero-order valence-corrected chi connectivity index (χ0v) is 15.8. The molecule has 8 nitrogen and oxygen atoms in total. The van der Waals surface area contributed by atoms with Crippen LogP contribution in [0.2, 0.25) is 0 Å². The van der Waals surface area contributed by atoms with E-state index in [4.69, 9.17) is 0 Å². The molecule has 1 saturated heterocycles. The topological polar surface area (TPSA) is 96.8 Å². The van der Waals surface area contributed by atoms with Crippen molar-refractivity contribution in [3.8, 4) is 0 Å². The maximum atomic E-state index is 11.1. The van der Waals surface area contributed by atoms with Crippen molar-refractivity contribution < 1.29 is 4.79 Å². The number of halogens is 1. The molecule has 1 aliphatic heterocycles. The molecule has 2 aromatic heterocycles. The first-order valence-electron chi connectivity index (χ1n) is 9.10. The van der Waals surface area contributed by atoms with Gasteiger partial charge in [-0.3, -0.25) is 4.79 Å². The summed E-state index contributed by atoms with van der Waals surface area (Å²) in [6, 6.07) is 0.605. The summed E-state index contributed by atoms with van der Waals surface area (Å²) in [5, 5.41) is 9.82. The van der Waals surface area contributed by atoms with Gasteiger partial charge in [0.05, 0.1) is 6.33 Å². The van der Waals surface area contributed by atoms with E-state index in [0.29, 0.717) is 12.0 Å². The van der Waals surface area contributed by atoms with Crippen LogP contribution in [-0.4, -0.2) is 51.1 Å². The third-order valence-corrected chi connectivity index (χ3v) is 5.29. The maximum absolute atomic E-state index is 11.1. The van der Waals surface area contributed by atoms with Crippen LogP contribution in [0.4, 0.5) is 5.82 Å². The van der Waals surface area contributed by atoms with E-state index < -0.39 is 0 Å². The fraction of sp³-hybridized carbons (Fsp3) is 0.647. The Bertz CT molecular complexity index is 753. The number of amides is 1. The lowest BCUT2D eigenvalue weighted by atomic mass is 9.86. The van der Waals surface area contributed by atoms with Crippen molar-refractivity contribution in [1.82, 2.24) is 30.2 Å². The SMILES string of the molecule is CC(=O)NC1CC(n2cnc3c(NCC4CCNCC4)ncnc32)C1.Cl. The number of aromatic nitrogens is 4. The molecule has 142 valence electrons. The number of carbonyl (C=O) groups excluding carboxylic acids is 1. The number of rotatable bonds is 5. The van der Waals surface area contributed by atoms with Crippen molar-refractivity contribution in [2.24, 2.45) is 5.92 Å². The molecule has 3 heterocycles. The van der Waals surface area contributed by atoms with Crippen LogP contribution in [0.15, 0.2) is 12.7 Å². The van der Waals surface area contributed by atoms with Crippen LogP contribution in [0.3, 0.4) is 0 Å². The molecule has 1 aliphatic carbocycles. The predicted octanol–water partition coefficient (Wildman–Crippen LogP) is 1.50. The van der Waals surface area contributed by atoms with Gasteiger partial charge < -0.3 is 20.5 Å². The third-order valence-electron chi connectivity index (χ3n) is 5.29. The smallest absolute Gasteiger partial charge is 0.217 e. The maximum Gasteiger partial charge on any atom is 0.217 e. The summed E-state index contributed by atoms with van der Waals surface area (Å²) in [4.78, 5) is 24.5. The van der Waals surface area contributed by atoms with E-state index in [-0.39, 0.29) is 24.4 Å². The van der Waals surface area contributed by atoms with Gasteiger partial charge in [-0.15, -0.1) is 12.4 Å². The quantitative estimate of drug-likeness (QED) is 0.728. The predicted molar refractivity (Wildman–Crippen MR) is 103 cm³/mol. The molecule has 0 radical (unpaired) electrons. The summed E-state index contributed by atoms with van der Waals surface area (Å²) < 4.78 is 2.12. The molecular formula is C17H26ClN7O. The minimum Gasteiger partial charge on any atom is -0.368 e. The van der Waals surface area contributed by atoms with Crippen molar-refractivity contribution >= 4 is 35.3 Å². The molecule has 3 N–H and O–H groups in total. The molecule has 0 atom stereocenters. The Kier molecular flexibility index (Phi) is 5.93. The normalized spacial score (nSPS) is 23.1. The minimum absolute atomic E-state index is 0. The molecule has 2 fully saturated rings. The first-order chi connectivity index (χ1) is 12.2. The van der Waals surface area contributed by atoms with Crippen LogP contribution >= 0.6 is 12.4 Å². The Morgan fingerprint density at radius 1 is 1.27 bits per heavy atom. The summed E-state index contributed by atoms with van der Waals surface area (Å²) in [6.45, 7) is 4.68. The van der Waals surface area contributed by atoms with Crippen LogP contribution in [0, 0.1) is 5.92 Å². The molecule has 9 heteroatoms. The van der Waals surface area contributed by atoms with E-state index in [0.717, 1.165) is 49.5 Å². The van der Waals surface area contributed by atoms with Crippen molar-refractivity contribution in [3.63, 3.8) is 0 Å². The molecule has 1 saturated carbocycles. The number of imidazole rings is 1. The second-order valence-electron chi connectivity index (χ2n) is 7.14. The van der Waals surface area contributed by atoms with Crippen molar-refractivity contribution in [2.45, 2.75) is 44.7 Å². The number of hydrogen-bond acceptors (Lipinski definition) is 6. The van der Waals surface area contributed by atoms with E-state index >= 15 is 0 Å². The van der Waals surface area contributed by atoms with Crippen LogP contribution in [0.5, 0.6) is 0 Å². The van der Waals surface area contributed by atoms with Gasteiger partial charge in [0, 0.05) is 25.6 Å². The van der Waals surface area contributed by atoms with Gasteiger partial charge in [0.15, 0.2) is 11.5 Å². The first-order valence-corrected chi connectivity index (χ1v) is 9.10. The van der Waals surface area contributed by atoms with Crippen molar-refractivity contribution in [1.29, 1.82) is 0 Å². The number of fused-ring (bicyclic) bond motifs is 1. The summed E-state index contributed by atoms with van der Waals surface area (Å²) in [5.41, 5.74) is 1.70. The molecule has 0 spiro atoms. The largest absolute Gasteiger partial charge is 0.368 e. The minimum atomic E-state index is 0. The van der Waals surface area contributed by atoms with Crippen LogP contribution in [0.1, 0.15) is 38.6 Å². The highest BCUT2D eigenvalue weighted by atomic mass is 35.5. The molecule has 2 aromatic rings. The highest BCUT2D eigenvalue weighted by molar-refractivity contribution is 5.85. The van der Waals surface area contributed by atoms with Gasteiger partial charge in [0.25, 0.3) is 0 Å².